The first kappa shape index (κ1) is 22.8. The van der Waals surface area contributed by atoms with Crippen LogP contribution < -0.4 is 10.1 Å². The Labute approximate surface area is 206 Å². The Bertz CT molecular complexity index is 1220. The quantitative estimate of drug-likeness (QED) is 0.494. The molecule has 0 bridgehead atoms. The first-order valence-corrected chi connectivity index (χ1v) is 13.1. The molecule has 1 N–H and O–H groups in total. The summed E-state index contributed by atoms with van der Waals surface area (Å²) in [6.07, 6.45) is 3.46. The van der Waals surface area contributed by atoms with Crippen LogP contribution in [0.2, 0.25) is 0 Å². The monoisotopic (exact) mass is 498 g/mol. The highest BCUT2D eigenvalue weighted by molar-refractivity contribution is 7.13. The van der Waals surface area contributed by atoms with Crippen molar-refractivity contribution in [3.8, 4) is 5.19 Å². The van der Waals surface area contributed by atoms with Crippen LogP contribution in [0.25, 0.3) is 10.9 Å². The Morgan fingerprint density at radius 2 is 2.09 bits per heavy atom. The van der Waals surface area contributed by atoms with Crippen LogP contribution >= 0.6 is 11.3 Å². The van der Waals surface area contributed by atoms with Gasteiger partial charge in [-0.15, -0.1) is 0 Å². The fourth-order valence-electron chi connectivity index (χ4n) is 6.03. The molecule has 1 amide bonds. The zero-order valence-corrected chi connectivity index (χ0v) is 20.1. The van der Waals surface area contributed by atoms with Crippen LogP contribution in [0.5, 0.6) is 5.19 Å². The molecule has 6 rings (SSSR count). The van der Waals surface area contributed by atoms with E-state index >= 15 is 0 Å². The van der Waals surface area contributed by atoms with E-state index in [4.69, 9.17) is 4.74 Å². The normalized spacial score (nSPS) is 25.5. The molecule has 4 atom stereocenters. The lowest BCUT2D eigenvalue weighted by molar-refractivity contribution is 0.0815. The summed E-state index contributed by atoms with van der Waals surface area (Å²) in [7, 11) is 0. The molecule has 2 aromatic heterocycles. The standard InChI is InChI=1S/C26H28F2N4O2S/c27-24(28)14-34-26-31-22-13-32(10-7-23(22)35-26)9-6-16-19-11-15(12-20(16)19)30-25(33)18-3-1-5-21-17(18)4-2-8-29-21/h1-5,8,15-16,19-20,24H,6-7,9-14H2,(H,30,33)/t15?,16?,19-,20+. The fraction of sp³-hybridized carbons (Fsp3) is 0.500. The summed E-state index contributed by atoms with van der Waals surface area (Å²) in [6, 6.07) is 9.76. The topological polar surface area (TPSA) is 67.4 Å². The summed E-state index contributed by atoms with van der Waals surface area (Å²) in [5, 5.41) is 4.52. The van der Waals surface area contributed by atoms with Crippen LogP contribution in [0, 0.1) is 17.8 Å². The predicted molar refractivity (Wildman–Crippen MR) is 130 cm³/mol. The Morgan fingerprint density at radius 1 is 1.23 bits per heavy atom. The lowest BCUT2D eigenvalue weighted by Gasteiger charge is -2.26. The predicted octanol–water partition coefficient (Wildman–Crippen LogP) is 4.54. The molecule has 3 aliphatic rings. The molecule has 2 aliphatic carbocycles. The lowest BCUT2D eigenvalue weighted by Crippen LogP contribution is -2.34. The number of pyridine rings is 1. The van der Waals surface area contributed by atoms with E-state index in [1.165, 1.54) is 17.8 Å². The van der Waals surface area contributed by atoms with Gasteiger partial charge in [-0.2, -0.15) is 0 Å². The number of carbonyl (C=O) groups excluding carboxylic acids is 1. The molecule has 1 aliphatic heterocycles. The molecule has 0 radical (unpaired) electrons. The number of amides is 1. The minimum atomic E-state index is -2.48. The van der Waals surface area contributed by atoms with E-state index in [1.54, 1.807) is 6.20 Å². The molecule has 9 heteroatoms. The van der Waals surface area contributed by atoms with Gasteiger partial charge in [0.1, 0.15) is 0 Å². The van der Waals surface area contributed by atoms with E-state index < -0.39 is 13.0 Å². The third-order valence-electron chi connectivity index (χ3n) is 7.75. The van der Waals surface area contributed by atoms with Crippen molar-refractivity contribution >= 4 is 28.1 Å². The van der Waals surface area contributed by atoms with Gasteiger partial charge in [0.2, 0.25) is 0 Å². The second-order valence-corrected chi connectivity index (χ2v) is 10.9. The van der Waals surface area contributed by atoms with E-state index in [9.17, 15) is 13.6 Å². The van der Waals surface area contributed by atoms with Crippen LogP contribution in [0.1, 0.15) is 40.2 Å². The Balaban J connectivity index is 0.965. The van der Waals surface area contributed by atoms with Crippen molar-refractivity contribution in [2.24, 2.45) is 17.8 Å². The maximum Gasteiger partial charge on any atom is 0.273 e. The molecule has 2 fully saturated rings. The highest BCUT2D eigenvalue weighted by atomic mass is 32.1. The average molecular weight is 499 g/mol. The van der Waals surface area contributed by atoms with Crippen LogP contribution in [0.15, 0.2) is 36.5 Å². The highest BCUT2D eigenvalue weighted by Crippen LogP contribution is 2.59. The number of fused-ring (bicyclic) bond motifs is 3. The number of nitrogens with zero attached hydrogens (tertiary/aromatic N) is 3. The minimum absolute atomic E-state index is 0.00395. The Morgan fingerprint density at radius 3 is 2.91 bits per heavy atom. The van der Waals surface area contributed by atoms with Crippen LogP contribution in [0.3, 0.4) is 0 Å². The molecule has 0 spiro atoms. The summed E-state index contributed by atoms with van der Waals surface area (Å²) in [5.41, 5.74) is 2.52. The molecular weight excluding hydrogens is 470 g/mol. The molecule has 1 aromatic carbocycles. The summed E-state index contributed by atoms with van der Waals surface area (Å²) >= 11 is 1.40. The third kappa shape index (κ3) is 4.76. The van der Waals surface area contributed by atoms with Crippen LogP contribution in [0.4, 0.5) is 8.78 Å². The minimum Gasteiger partial charge on any atom is -0.464 e. The van der Waals surface area contributed by atoms with Crippen molar-refractivity contribution in [2.45, 2.75) is 44.7 Å². The zero-order valence-electron chi connectivity index (χ0n) is 19.3. The number of hydrogen-bond donors (Lipinski definition) is 1. The van der Waals surface area contributed by atoms with Gasteiger partial charge in [-0.1, -0.05) is 23.5 Å². The number of nitrogens with one attached hydrogen (secondary N) is 1. The van der Waals surface area contributed by atoms with E-state index in [0.717, 1.165) is 66.3 Å². The van der Waals surface area contributed by atoms with E-state index in [1.807, 2.05) is 30.3 Å². The smallest absolute Gasteiger partial charge is 0.273 e. The number of aromatic nitrogens is 2. The number of thiazole rings is 1. The van der Waals surface area contributed by atoms with Gasteiger partial charge in [-0.25, -0.2) is 13.8 Å². The summed E-state index contributed by atoms with van der Waals surface area (Å²) in [6.45, 7) is 2.18. The van der Waals surface area contributed by atoms with Gasteiger partial charge < -0.3 is 10.1 Å². The summed E-state index contributed by atoms with van der Waals surface area (Å²) in [4.78, 5) is 25.3. The largest absolute Gasteiger partial charge is 0.464 e. The third-order valence-corrected chi connectivity index (χ3v) is 8.82. The fourth-order valence-corrected chi connectivity index (χ4v) is 6.95. The van der Waals surface area contributed by atoms with Gasteiger partial charge in [-0.3, -0.25) is 14.7 Å². The Hall–Kier alpha value is -2.65. The van der Waals surface area contributed by atoms with E-state index in [0.29, 0.717) is 22.6 Å². The molecule has 184 valence electrons. The van der Waals surface area contributed by atoms with Crippen molar-refractivity contribution in [3.05, 3.63) is 52.7 Å². The molecular formula is C26H28F2N4O2S. The molecule has 2 saturated carbocycles. The van der Waals surface area contributed by atoms with E-state index in [2.05, 4.69) is 20.2 Å². The molecule has 0 saturated heterocycles. The lowest BCUT2D eigenvalue weighted by atomic mass is 10.0. The second-order valence-electron chi connectivity index (χ2n) is 9.88. The highest BCUT2D eigenvalue weighted by Gasteiger charge is 2.55. The first-order valence-electron chi connectivity index (χ1n) is 12.3. The van der Waals surface area contributed by atoms with E-state index in [-0.39, 0.29) is 11.9 Å². The average Bonchev–Trinajstić information content (AvgIpc) is 3.17. The number of hydrogen-bond acceptors (Lipinski definition) is 6. The number of alkyl halides is 2. The SMILES string of the molecule is O=C(NC1C[C@@H]2C(CCN3CCc4sc(OCC(F)F)nc4C3)[C@@H]2C1)c1cccc2ncccc12. The second kappa shape index (κ2) is 9.43. The van der Waals surface area contributed by atoms with Crippen molar-refractivity contribution < 1.29 is 18.3 Å². The van der Waals surface area contributed by atoms with Crippen molar-refractivity contribution in [1.82, 2.24) is 20.2 Å². The maximum atomic E-state index is 12.9. The van der Waals surface area contributed by atoms with Crippen LogP contribution in [-0.2, 0) is 13.0 Å². The zero-order chi connectivity index (χ0) is 23.9. The van der Waals surface area contributed by atoms with Gasteiger partial charge in [0.15, 0.2) is 6.61 Å². The summed E-state index contributed by atoms with van der Waals surface area (Å²) in [5.74, 6) is 2.16. The molecule has 35 heavy (non-hydrogen) atoms. The Kier molecular flexibility index (Phi) is 6.14. The number of halogens is 2. The number of ether oxygens (including phenoxy) is 1. The van der Waals surface area contributed by atoms with Gasteiger partial charge in [-0.05, 0) is 68.2 Å². The molecule has 2 unspecified atom stereocenters. The van der Waals surface area contributed by atoms with Crippen LogP contribution in [-0.4, -0.2) is 52.9 Å². The summed E-state index contributed by atoms with van der Waals surface area (Å²) < 4.78 is 29.9. The number of carbonyl (C=O) groups is 1. The molecule has 6 nitrogen and oxygen atoms in total. The maximum absolute atomic E-state index is 12.9. The van der Waals surface area contributed by atoms with Gasteiger partial charge >= 0.3 is 0 Å². The van der Waals surface area contributed by atoms with Crippen molar-refractivity contribution in [1.29, 1.82) is 0 Å². The van der Waals surface area contributed by atoms with Gasteiger partial charge in [0.25, 0.3) is 17.5 Å². The van der Waals surface area contributed by atoms with Gasteiger partial charge in [0, 0.05) is 41.2 Å². The molecule has 3 heterocycles. The van der Waals surface area contributed by atoms with Crippen molar-refractivity contribution in [3.63, 3.8) is 0 Å². The van der Waals surface area contributed by atoms with Crippen molar-refractivity contribution in [2.75, 3.05) is 19.7 Å². The van der Waals surface area contributed by atoms with Gasteiger partial charge in [0.05, 0.1) is 11.2 Å². The number of rotatable bonds is 8. The number of benzene rings is 1. The first-order chi connectivity index (χ1) is 17.0. The molecule has 3 aromatic rings.